The van der Waals surface area contributed by atoms with Crippen molar-refractivity contribution in [2.24, 2.45) is 5.41 Å². The minimum atomic E-state index is -1.22. The van der Waals surface area contributed by atoms with Crippen LogP contribution in [-0.4, -0.2) is 54.3 Å². The molecule has 0 radical (unpaired) electrons. The van der Waals surface area contributed by atoms with Gasteiger partial charge in [0.2, 0.25) is 6.10 Å². The number of halogens is 1. The van der Waals surface area contributed by atoms with E-state index in [1.165, 1.54) is 42.3 Å². The van der Waals surface area contributed by atoms with E-state index in [4.69, 9.17) is 14.2 Å². The van der Waals surface area contributed by atoms with Crippen molar-refractivity contribution in [3.8, 4) is 11.5 Å². The number of hydrogen-bond donors (Lipinski definition) is 1. The third-order valence-corrected chi connectivity index (χ3v) is 8.57. The Morgan fingerprint density at radius 3 is 2.27 bits per heavy atom. The number of amides is 1. The van der Waals surface area contributed by atoms with E-state index < -0.39 is 35.3 Å². The zero-order valence-corrected chi connectivity index (χ0v) is 23.8. The molecule has 0 saturated carbocycles. The summed E-state index contributed by atoms with van der Waals surface area (Å²) < 4.78 is 31.1. The van der Waals surface area contributed by atoms with Crippen molar-refractivity contribution in [2.45, 2.75) is 57.8 Å². The minimum Gasteiger partial charge on any atom is -0.493 e. The van der Waals surface area contributed by atoms with Crippen molar-refractivity contribution < 1.29 is 33.3 Å². The lowest BCUT2D eigenvalue weighted by Gasteiger charge is -2.34. The Kier molecular flexibility index (Phi) is 8.04. The highest BCUT2D eigenvalue weighted by atomic mass is 19.1. The lowest BCUT2D eigenvalue weighted by molar-refractivity contribution is -0.159. The van der Waals surface area contributed by atoms with Gasteiger partial charge in [-0.2, -0.15) is 0 Å². The lowest BCUT2D eigenvalue weighted by Crippen LogP contribution is -2.39. The van der Waals surface area contributed by atoms with Crippen LogP contribution in [0.25, 0.3) is 0 Å². The Balaban J connectivity index is 1.42. The lowest BCUT2D eigenvalue weighted by atomic mass is 9.72. The van der Waals surface area contributed by atoms with Gasteiger partial charge in [-0.1, -0.05) is 49.4 Å². The normalized spacial score (nSPS) is 21.7. The van der Waals surface area contributed by atoms with E-state index in [9.17, 15) is 19.1 Å². The first-order valence-electron chi connectivity index (χ1n) is 13.9. The van der Waals surface area contributed by atoms with Crippen molar-refractivity contribution in [3.63, 3.8) is 0 Å². The maximum Gasteiger partial charge on any atom is 0.303 e. The average molecular weight is 562 g/mol. The van der Waals surface area contributed by atoms with Crippen molar-refractivity contribution in [3.05, 3.63) is 94.8 Å². The molecule has 5 rings (SSSR count). The molecule has 0 bridgehead atoms. The number of carbonyl (C=O) groups excluding carboxylic acids is 2. The van der Waals surface area contributed by atoms with Crippen LogP contribution < -0.4 is 9.47 Å². The zero-order valence-electron chi connectivity index (χ0n) is 23.8. The number of ether oxygens (including phenoxy) is 3. The molecule has 1 aliphatic carbocycles. The second-order valence-electron chi connectivity index (χ2n) is 11.3. The maximum atomic E-state index is 13.8. The fourth-order valence-corrected chi connectivity index (χ4v) is 6.11. The van der Waals surface area contributed by atoms with Gasteiger partial charge in [0.1, 0.15) is 11.9 Å². The monoisotopic (exact) mass is 561 g/mol. The van der Waals surface area contributed by atoms with Gasteiger partial charge < -0.3 is 24.2 Å². The average Bonchev–Trinajstić information content (AvgIpc) is 3.53. The van der Waals surface area contributed by atoms with E-state index >= 15 is 0 Å². The Bertz CT molecular complexity index is 1400. The second kappa shape index (κ2) is 11.5. The van der Waals surface area contributed by atoms with Crippen LogP contribution in [0.2, 0.25) is 0 Å². The number of aliphatic hydroxyl groups is 1. The second-order valence-corrected chi connectivity index (χ2v) is 11.3. The molecule has 216 valence electrons. The summed E-state index contributed by atoms with van der Waals surface area (Å²) in [7, 11) is 1.60. The molecule has 1 unspecified atom stereocenters. The van der Waals surface area contributed by atoms with Gasteiger partial charge in [-0.05, 0) is 47.9 Å². The molecule has 8 heteroatoms. The summed E-state index contributed by atoms with van der Waals surface area (Å²) >= 11 is 0. The van der Waals surface area contributed by atoms with E-state index in [2.05, 4.69) is 12.1 Å². The minimum absolute atomic E-state index is 0.0263. The number of methoxy groups -OCH3 is 1. The number of hydrogen-bond acceptors (Lipinski definition) is 6. The Labute approximate surface area is 239 Å². The summed E-state index contributed by atoms with van der Waals surface area (Å²) in [5.74, 6) is -0.510. The summed E-state index contributed by atoms with van der Waals surface area (Å²) in [6, 6.07) is 19.4. The maximum absolute atomic E-state index is 13.8. The van der Waals surface area contributed by atoms with Gasteiger partial charge in [-0.3, -0.25) is 9.59 Å². The number of aliphatic hydroxyl groups excluding tert-OH is 1. The van der Waals surface area contributed by atoms with Crippen LogP contribution in [0.3, 0.4) is 0 Å². The smallest absolute Gasteiger partial charge is 0.303 e. The standard InChI is InChI=1S/C33H36FNO6/c1-20(36)33(3)19-35(32(38)31(40-21(2)37)22-9-12-26(34)13-10-22)18-28(33)25-11-14-29(39-4)30(17-25)41-27-15-23-7-5-6-8-24(23)16-27/h5-14,17,20,27-28,31,36H,15-16,18-19H2,1-4H3/t20-,28+,31?,33+/m1/s1. The number of nitrogens with zero attached hydrogens (tertiary/aromatic N) is 1. The molecule has 3 aromatic rings. The third-order valence-electron chi connectivity index (χ3n) is 8.57. The van der Waals surface area contributed by atoms with Gasteiger partial charge in [0.25, 0.3) is 5.91 Å². The molecule has 3 aromatic carbocycles. The number of benzene rings is 3. The predicted octanol–water partition coefficient (Wildman–Crippen LogP) is 5.00. The van der Waals surface area contributed by atoms with Crippen LogP contribution in [0.5, 0.6) is 11.5 Å². The Hall–Kier alpha value is -3.91. The summed E-state index contributed by atoms with van der Waals surface area (Å²) in [4.78, 5) is 27.3. The molecule has 1 aliphatic heterocycles. The zero-order chi connectivity index (χ0) is 29.3. The SMILES string of the molecule is COc1ccc([C@@H]2CN(C(=O)C(OC(C)=O)c3ccc(F)cc3)C[C@@]2(C)[C@@H](C)O)cc1OC1Cc2ccccc2C1. The third kappa shape index (κ3) is 5.79. The molecular formula is C33H36FNO6. The molecule has 0 aromatic heterocycles. The van der Waals surface area contributed by atoms with Crippen LogP contribution in [0.15, 0.2) is 66.7 Å². The van der Waals surface area contributed by atoms with Crippen LogP contribution >= 0.6 is 0 Å². The molecule has 2 aliphatic rings. The van der Waals surface area contributed by atoms with E-state index in [-0.39, 0.29) is 18.6 Å². The van der Waals surface area contributed by atoms with Gasteiger partial charge in [0.15, 0.2) is 11.5 Å². The molecule has 1 amide bonds. The van der Waals surface area contributed by atoms with E-state index in [1.807, 2.05) is 37.3 Å². The van der Waals surface area contributed by atoms with E-state index in [1.54, 1.807) is 18.9 Å². The molecule has 1 fully saturated rings. The van der Waals surface area contributed by atoms with Crippen LogP contribution in [0, 0.1) is 11.2 Å². The highest BCUT2D eigenvalue weighted by Crippen LogP contribution is 2.48. The van der Waals surface area contributed by atoms with Gasteiger partial charge in [-0.25, -0.2) is 4.39 Å². The number of fused-ring (bicyclic) bond motifs is 1. The van der Waals surface area contributed by atoms with Crippen LogP contribution in [0.1, 0.15) is 55.0 Å². The van der Waals surface area contributed by atoms with E-state index in [0.717, 1.165) is 18.4 Å². The van der Waals surface area contributed by atoms with Crippen LogP contribution in [-0.2, 0) is 27.2 Å². The van der Waals surface area contributed by atoms with Gasteiger partial charge >= 0.3 is 5.97 Å². The van der Waals surface area contributed by atoms with Gasteiger partial charge in [0, 0.05) is 49.8 Å². The summed E-state index contributed by atoms with van der Waals surface area (Å²) in [5, 5.41) is 11.0. The summed E-state index contributed by atoms with van der Waals surface area (Å²) in [5.41, 5.74) is 3.15. The Morgan fingerprint density at radius 1 is 1.02 bits per heavy atom. The molecule has 1 heterocycles. The van der Waals surface area contributed by atoms with Crippen LogP contribution in [0.4, 0.5) is 4.39 Å². The Morgan fingerprint density at radius 2 is 1.68 bits per heavy atom. The first-order valence-corrected chi connectivity index (χ1v) is 13.9. The largest absolute Gasteiger partial charge is 0.493 e. The molecular weight excluding hydrogens is 525 g/mol. The quantitative estimate of drug-likeness (QED) is 0.390. The fraction of sp³-hybridized carbons (Fsp3) is 0.394. The predicted molar refractivity (Wildman–Crippen MR) is 151 cm³/mol. The molecule has 4 atom stereocenters. The highest BCUT2D eigenvalue weighted by Gasteiger charge is 2.50. The molecule has 41 heavy (non-hydrogen) atoms. The van der Waals surface area contributed by atoms with Crippen molar-refractivity contribution in [1.82, 2.24) is 4.90 Å². The number of esters is 1. The first kappa shape index (κ1) is 28.6. The molecule has 7 nitrogen and oxygen atoms in total. The van der Waals surface area contributed by atoms with Crippen molar-refractivity contribution >= 4 is 11.9 Å². The topological polar surface area (TPSA) is 85.3 Å². The highest BCUT2D eigenvalue weighted by molar-refractivity contribution is 5.85. The van der Waals surface area contributed by atoms with Crippen molar-refractivity contribution in [2.75, 3.05) is 20.2 Å². The number of rotatable bonds is 8. The fourth-order valence-electron chi connectivity index (χ4n) is 6.11. The van der Waals surface area contributed by atoms with Gasteiger partial charge in [-0.15, -0.1) is 0 Å². The van der Waals surface area contributed by atoms with E-state index in [0.29, 0.717) is 23.6 Å². The molecule has 0 spiro atoms. The first-order chi connectivity index (χ1) is 19.6. The number of likely N-dealkylation sites (tertiary alicyclic amines) is 1. The molecule has 1 saturated heterocycles. The summed E-state index contributed by atoms with van der Waals surface area (Å²) in [6.07, 6.45) is -0.382. The summed E-state index contributed by atoms with van der Waals surface area (Å²) in [6.45, 7) is 5.44. The number of carbonyl (C=O) groups is 2. The van der Waals surface area contributed by atoms with Gasteiger partial charge in [0.05, 0.1) is 13.2 Å². The van der Waals surface area contributed by atoms with Crippen molar-refractivity contribution in [1.29, 1.82) is 0 Å². The molecule has 1 N–H and O–H groups in total.